The van der Waals surface area contributed by atoms with E-state index in [9.17, 15) is 4.79 Å². The van der Waals surface area contributed by atoms with Crippen LogP contribution in [0.4, 0.5) is 0 Å². The van der Waals surface area contributed by atoms with Crippen molar-refractivity contribution in [3.8, 4) is 11.6 Å². The van der Waals surface area contributed by atoms with Crippen LogP contribution in [0.5, 0.6) is 11.6 Å². The first-order valence-electron chi connectivity index (χ1n) is 5.48. The number of aldehydes is 1. The van der Waals surface area contributed by atoms with Crippen LogP contribution >= 0.6 is 11.6 Å². The molecule has 0 unspecified atom stereocenters. The number of imidazole rings is 1. The van der Waals surface area contributed by atoms with Crippen LogP contribution in [-0.2, 0) is 0 Å². The van der Waals surface area contributed by atoms with Crippen molar-refractivity contribution in [1.82, 2.24) is 14.4 Å². The molecule has 0 atom stereocenters. The molecule has 0 bridgehead atoms. The molecule has 0 aliphatic rings. The SMILES string of the molecule is O=Cc1c(Oc2cncc(Cl)c2)nc2ccccn12. The minimum Gasteiger partial charge on any atom is -0.435 e. The summed E-state index contributed by atoms with van der Waals surface area (Å²) in [5.74, 6) is 0.657. The van der Waals surface area contributed by atoms with Gasteiger partial charge in [-0.05, 0) is 12.1 Å². The normalized spacial score (nSPS) is 10.6. The highest BCUT2D eigenvalue weighted by Gasteiger charge is 2.13. The third-order valence-corrected chi connectivity index (χ3v) is 2.75. The molecule has 3 rings (SSSR count). The molecule has 0 aliphatic carbocycles. The third kappa shape index (κ3) is 2.15. The van der Waals surface area contributed by atoms with Gasteiger partial charge in [-0.3, -0.25) is 14.2 Å². The van der Waals surface area contributed by atoms with Crippen molar-refractivity contribution < 1.29 is 9.53 Å². The summed E-state index contributed by atoms with van der Waals surface area (Å²) >= 11 is 5.83. The molecule has 19 heavy (non-hydrogen) atoms. The molecule has 0 radical (unpaired) electrons. The average molecular weight is 274 g/mol. The van der Waals surface area contributed by atoms with Crippen molar-refractivity contribution in [3.05, 3.63) is 53.6 Å². The largest absolute Gasteiger partial charge is 0.435 e. The second-order valence-electron chi connectivity index (χ2n) is 3.79. The van der Waals surface area contributed by atoms with Gasteiger partial charge >= 0.3 is 0 Å². The van der Waals surface area contributed by atoms with Gasteiger partial charge in [-0.1, -0.05) is 17.7 Å². The molecule has 3 aromatic heterocycles. The zero-order chi connectivity index (χ0) is 13.2. The van der Waals surface area contributed by atoms with Gasteiger partial charge in [-0.2, -0.15) is 4.98 Å². The minimum absolute atomic E-state index is 0.227. The summed E-state index contributed by atoms with van der Waals surface area (Å²) in [5.41, 5.74) is 0.977. The fourth-order valence-electron chi connectivity index (χ4n) is 1.74. The fraction of sp³-hybridized carbons (Fsp3) is 0. The smallest absolute Gasteiger partial charge is 0.249 e. The van der Waals surface area contributed by atoms with Gasteiger partial charge in [0, 0.05) is 18.5 Å². The van der Waals surface area contributed by atoms with Crippen LogP contribution in [0.1, 0.15) is 10.5 Å². The lowest BCUT2D eigenvalue weighted by atomic mass is 10.4. The van der Waals surface area contributed by atoms with E-state index < -0.39 is 0 Å². The summed E-state index contributed by atoms with van der Waals surface area (Å²) in [5, 5.41) is 0.453. The molecule has 0 N–H and O–H groups in total. The predicted molar refractivity (Wildman–Crippen MR) is 69.9 cm³/mol. The number of pyridine rings is 2. The molecule has 0 saturated carbocycles. The van der Waals surface area contributed by atoms with E-state index in [1.54, 1.807) is 22.7 Å². The topological polar surface area (TPSA) is 56.5 Å². The van der Waals surface area contributed by atoms with E-state index in [2.05, 4.69) is 9.97 Å². The van der Waals surface area contributed by atoms with E-state index >= 15 is 0 Å². The summed E-state index contributed by atoms with van der Waals surface area (Å²) < 4.78 is 7.21. The van der Waals surface area contributed by atoms with Gasteiger partial charge in [-0.25, -0.2) is 0 Å². The molecule has 94 valence electrons. The third-order valence-electron chi connectivity index (χ3n) is 2.54. The highest BCUT2D eigenvalue weighted by Crippen LogP contribution is 2.25. The molecular weight excluding hydrogens is 266 g/mol. The summed E-state index contributed by atoms with van der Waals surface area (Å²) in [6, 6.07) is 7.04. The van der Waals surface area contributed by atoms with Crippen LogP contribution in [0.15, 0.2) is 42.9 Å². The molecule has 3 aromatic rings. The first kappa shape index (κ1) is 11.7. The molecule has 0 saturated heterocycles. The molecule has 3 heterocycles. The number of carbonyl (C=O) groups excluding carboxylic acids is 1. The van der Waals surface area contributed by atoms with Gasteiger partial charge in [0.2, 0.25) is 5.88 Å². The zero-order valence-electron chi connectivity index (χ0n) is 9.65. The van der Waals surface area contributed by atoms with Crippen LogP contribution in [0.3, 0.4) is 0 Å². The number of carbonyl (C=O) groups is 1. The number of aromatic nitrogens is 3. The molecular formula is C13H8ClN3O2. The predicted octanol–water partition coefficient (Wildman–Crippen LogP) is 2.99. The standard InChI is InChI=1S/C13H8ClN3O2/c14-9-5-10(7-15-6-9)19-13-11(8-18)17-4-2-1-3-12(17)16-13/h1-8H. The Balaban J connectivity index is 2.07. The van der Waals surface area contributed by atoms with Gasteiger partial charge in [0.25, 0.3) is 0 Å². The minimum atomic E-state index is 0.227. The van der Waals surface area contributed by atoms with E-state index in [1.807, 2.05) is 12.1 Å². The maximum absolute atomic E-state index is 11.2. The zero-order valence-corrected chi connectivity index (χ0v) is 10.4. The number of nitrogens with zero attached hydrogens (tertiary/aromatic N) is 3. The van der Waals surface area contributed by atoms with Crippen molar-refractivity contribution in [1.29, 1.82) is 0 Å². The Kier molecular flexibility index (Phi) is 2.89. The average Bonchev–Trinajstić information content (AvgIpc) is 2.75. The molecule has 5 nitrogen and oxygen atoms in total. The molecule has 0 spiro atoms. The Morgan fingerprint density at radius 1 is 1.32 bits per heavy atom. The second-order valence-corrected chi connectivity index (χ2v) is 4.23. The molecule has 0 fully saturated rings. The van der Waals surface area contributed by atoms with Gasteiger partial charge in [0.15, 0.2) is 12.0 Å². The van der Waals surface area contributed by atoms with Crippen molar-refractivity contribution in [2.75, 3.05) is 0 Å². The van der Waals surface area contributed by atoms with Crippen molar-refractivity contribution in [2.45, 2.75) is 0 Å². The van der Waals surface area contributed by atoms with Crippen LogP contribution in [-0.4, -0.2) is 20.7 Å². The van der Waals surface area contributed by atoms with Crippen molar-refractivity contribution >= 4 is 23.5 Å². The maximum atomic E-state index is 11.2. The number of hydrogen-bond acceptors (Lipinski definition) is 4. The monoisotopic (exact) mass is 273 g/mol. The highest BCUT2D eigenvalue weighted by atomic mass is 35.5. The number of rotatable bonds is 3. The lowest BCUT2D eigenvalue weighted by molar-refractivity contribution is 0.111. The Morgan fingerprint density at radius 2 is 2.21 bits per heavy atom. The molecule has 0 aliphatic heterocycles. The van der Waals surface area contributed by atoms with Gasteiger partial charge < -0.3 is 4.74 Å². The van der Waals surface area contributed by atoms with Gasteiger partial charge in [0.05, 0.1) is 11.2 Å². The van der Waals surface area contributed by atoms with Crippen molar-refractivity contribution in [3.63, 3.8) is 0 Å². The van der Waals surface area contributed by atoms with E-state index in [4.69, 9.17) is 16.3 Å². The summed E-state index contributed by atoms with van der Waals surface area (Å²) in [6.07, 6.45) is 5.45. The summed E-state index contributed by atoms with van der Waals surface area (Å²) in [4.78, 5) is 19.3. The molecule has 0 aromatic carbocycles. The van der Waals surface area contributed by atoms with Gasteiger partial charge in [-0.15, -0.1) is 0 Å². The number of fused-ring (bicyclic) bond motifs is 1. The first-order valence-corrected chi connectivity index (χ1v) is 5.86. The van der Waals surface area contributed by atoms with Crippen LogP contribution < -0.4 is 4.74 Å². The number of ether oxygens (including phenoxy) is 1. The van der Waals surface area contributed by atoms with Crippen LogP contribution in [0.25, 0.3) is 5.65 Å². The second kappa shape index (κ2) is 4.70. The quantitative estimate of drug-likeness (QED) is 0.689. The highest BCUT2D eigenvalue weighted by molar-refractivity contribution is 6.30. The van der Waals surface area contributed by atoms with E-state index in [-0.39, 0.29) is 5.88 Å². The Hall–Kier alpha value is -2.40. The molecule has 0 amide bonds. The number of halogens is 1. The van der Waals surface area contributed by atoms with Gasteiger partial charge in [0.1, 0.15) is 11.4 Å². The Bertz CT molecular complexity index is 754. The van der Waals surface area contributed by atoms with Crippen LogP contribution in [0, 0.1) is 0 Å². The summed E-state index contributed by atoms with van der Waals surface area (Å²) in [7, 11) is 0. The lowest BCUT2D eigenvalue weighted by Gasteiger charge is -2.02. The Labute approximate surface area is 113 Å². The lowest BCUT2D eigenvalue weighted by Crippen LogP contribution is -1.93. The van der Waals surface area contributed by atoms with Crippen molar-refractivity contribution in [2.24, 2.45) is 0 Å². The van der Waals surface area contributed by atoms with Crippen LogP contribution in [0.2, 0.25) is 5.02 Å². The first-order chi connectivity index (χ1) is 9.28. The van der Waals surface area contributed by atoms with E-state index in [1.165, 1.54) is 12.4 Å². The van der Waals surface area contributed by atoms with E-state index in [0.29, 0.717) is 28.4 Å². The summed E-state index contributed by atoms with van der Waals surface area (Å²) in [6.45, 7) is 0. The fourth-order valence-corrected chi connectivity index (χ4v) is 1.90. The van der Waals surface area contributed by atoms with E-state index in [0.717, 1.165) is 0 Å². The molecule has 6 heteroatoms. The Morgan fingerprint density at radius 3 is 3.00 bits per heavy atom. The number of hydrogen-bond donors (Lipinski definition) is 0. The maximum Gasteiger partial charge on any atom is 0.249 e.